The maximum absolute atomic E-state index is 5.42. The van der Waals surface area contributed by atoms with Gasteiger partial charge in [-0.1, -0.05) is 30.7 Å². The molecule has 1 heteroatoms. The van der Waals surface area contributed by atoms with E-state index in [4.69, 9.17) is 5.73 Å². The Kier molecular flexibility index (Phi) is 8.14. The van der Waals surface area contributed by atoms with Crippen molar-refractivity contribution in [1.29, 1.82) is 0 Å². The van der Waals surface area contributed by atoms with Gasteiger partial charge in [0.15, 0.2) is 0 Å². The number of hydrogen-bond donors (Lipinski definition) is 1. The molecule has 0 aromatic carbocycles. The van der Waals surface area contributed by atoms with Gasteiger partial charge in [-0.3, -0.25) is 0 Å². The third-order valence-corrected chi connectivity index (χ3v) is 1.86. The normalized spacial score (nSPS) is 12.8. The molecular weight excluding hydrogens is 146 g/mol. The van der Waals surface area contributed by atoms with Crippen LogP contribution in [0.15, 0.2) is 23.8 Å². The molecule has 1 nitrogen and oxygen atoms in total. The van der Waals surface area contributed by atoms with Gasteiger partial charge in [-0.25, -0.2) is 0 Å². The summed E-state index contributed by atoms with van der Waals surface area (Å²) < 4.78 is 0. The van der Waals surface area contributed by atoms with E-state index in [1.54, 1.807) is 0 Å². The van der Waals surface area contributed by atoms with Crippen LogP contribution in [-0.4, -0.2) is 6.54 Å². The average molecular weight is 167 g/mol. The summed E-state index contributed by atoms with van der Waals surface area (Å²) in [5, 5.41) is 0. The molecule has 0 aromatic rings. The summed E-state index contributed by atoms with van der Waals surface area (Å²) in [7, 11) is 0. The highest BCUT2D eigenvalue weighted by atomic mass is 14.5. The average Bonchev–Trinajstić information content (AvgIpc) is 2.11. The van der Waals surface area contributed by atoms with Crippen LogP contribution in [0.4, 0.5) is 0 Å². The fourth-order valence-electron chi connectivity index (χ4n) is 1.07. The Labute approximate surface area is 76.3 Å². The van der Waals surface area contributed by atoms with Gasteiger partial charge in [-0.05, 0) is 39.2 Å². The number of hydrogen-bond acceptors (Lipinski definition) is 1. The molecule has 0 fully saturated rings. The maximum atomic E-state index is 5.42. The van der Waals surface area contributed by atoms with Crippen molar-refractivity contribution in [3.8, 4) is 0 Å². The Morgan fingerprint density at radius 1 is 1.33 bits per heavy atom. The zero-order chi connectivity index (χ0) is 9.23. The molecule has 0 saturated carbocycles. The lowest BCUT2D eigenvalue weighted by Gasteiger charge is -1.99. The summed E-state index contributed by atoms with van der Waals surface area (Å²) in [5.74, 6) is 0. The van der Waals surface area contributed by atoms with E-state index in [0.29, 0.717) is 0 Å². The predicted octanol–water partition coefficient (Wildman–Crippen LogP) is 3.03. The second-order valence-electron chi connectivity index (χ2n) is 2.92. The van der Waals surface area contributed by atoms with Crippen LogP contribution in [0.25, 0.3) is 0 Å². The highest BCUT2D eigenvalue weighted by Crippen LogP contribution is 2.08. The van der Waals surface area contributed by atoms with E-state index in [1.807, 2.05) is 0 Å². The minimum Gasteiger partial charge on any atom is -0.330 e. The molecular formula is C11H21N. The zero-order valence-corrected chi connectivity index (χ0v) is 8.34. The van der Waals surface area contributed by atoms with Gasteiger partial charge in [0, 0.05) is 0 Å². The molecule has 0 aromatic heterocycles. The van der Waals surface area contributed by atoms with Gasteiger partial charge in [0.05, 0.1) is 0 Å². The minimum atomic E-state index is 0.814. The van der Waals surface area contributed by atoms with Crippen LogP contribution >= 0.6 is 0 Å². The lowest BCUT2D eigenvalue weighted by Crippen LogP contribution is -1.97. The second-order valence-corrected chi connectivity index (χ2v) is 2.92. The molecule has 0 aliphatic carbocycles. The van der Waals surface area contributed by atoms with Crippen LogP contribution in [0.3, 0.4) is 0 Å². The Bertz CT molecular complexity index is 145. The Balaban J connectivity index is 3.62. The van der Waals surface area contributed by atoms with Crippen molar-refractivity contribution in [2.45, 2.75) is 39.5 Å². The molecule has 0 unspecified atom stereocenters. The summed E-state index contributed by atoms with van der Waals surface area (Å²) in [4.78, 5) is 0. The Morgan fingerprint density at radius 3 is 2.58 bits per heavy atom. The molecule has 0 spiro atoms. The monoisotopic (exact) mass is 167 g/mol. The molecule has 0 heterocycles. The molecule has 0 aliphatic rings. The first-order valence-corrected chi connectivity index (χ1v) is 4.87. The fourth-order valence-corrected chi connectivity index (χ4v) is 1.07. The quantitative estimate of drug-likeness (QED) is 0.477. The van der Waals surface area contributed by atoms with Crippen molar-refractivity contribution in [2.24, 2.45) is 5.73 Å². The van der Waals surface area contributed by atoms with Crippen LogP contribution < -0.4 is 5.73 Å². The number of allylic oxidation sites excluding steroid dienone is 4. The highest BCUT2D eigenvalue weighted by molar-refractivity contribution is 5.17. The molecule has 0 rings (SSSR count). The lowest BCUT2D eigenvalue weighted by atomic mass is 10.1. The van der Waals surface area contributed by atoms with Crippen LogP contribution in [0, 0.1) is 0 Å². The van der Waals surface area contributed by atoms with Gasteiger partial charge >= 0.3 is 0 Å². The van der Waals surface area contributed by atoms with Crippen molar-refractivity contribution < 1.29 is 0 Å². The van der Waals surface area contributed by atoms with Crippen molar-refractivity contribution >= 4 is 0 Å². The van der Waals surface area contributed by atoms with Crippen LogP contribution in [-0.2, 0) is 0 Å². The summed E-state index contributed by atoms with van der Waals surface area (Å²) in [6.07, 6.45) is 11.2. The van der Waals surface area contributed by atoms with Gasteiger partial charge in [0.25, 0.3) is 0 Å². The van der Waals surface area contributed by atoms with Gasteiger partial charge in [0.2, 0.25) is 0 Å². The number of nitrogens with two attached hydrogens (primary N) is 1. The van der Waals surface area contributed by atoms with Crippen molar-refractivity contribution in [3.05, 3.63) is 23.8 Å². The first-order chi connectivity index (χ1) is 5.85. The molecule has 70 valence electrons. The van der Waals surface area contributed by atoms with E-state index >= 15 is 0 Å². The summed E-state index contributed by atoms with van der Waals surface area (Å²) in [6, 6.07) is 0. The van der Waals surface area contributed by atoms with Gasteiger partial charge in [-0.15, -0.1) is 0 Å². The number of rotatable bonds is 6. The smallest absolute Gasteiger partial charge is 0.00772 e. The summed E-state index contributed by atoms with van der Waals surface area (Å²) >= 11 is 0. The van der Waals surface area contributed by atoms with E-state index in [9.17, 15) is 0 Å². The van der Waals surface area contributed by atoms with E-state index in [0.717, 1.165) is 19.4 Å². The molecule has 0 saturated heterocycles. The topological polar surface area (TPSA) is 26.0 Å². The zero-order valence-electron chi connectivity index (χ0n) is 8.34. The highest BCUT2D eigenvalue weighted by Gasteiger charge is 1.90. The lowest BCUT2D eigenvalue weighted by molar-refractivity contribution is 0.746. The van der Waals surface area contributed by atoms with E-state index in [-0.39, 0.29) is 0 Å². The SMILES string of the molecule is C/C=C(\C=C/CC)CCCCN. The molecule has 0 amide bonds. The third kappa shape index (κ3) is 6.17. The fraction of sp³-hybridized carbons (Fsp3) is 0.636. The van der Waals surface area contributed by atoms with Crippen molar-refractivity contribution in [1.82, 2.24) is 0 Å². The molecule has 2 N–H and O–H groups in total. The molecule has 0 radical (unpaired) electrons. The third-order valence-electron chi connectivity index (χ3n) is 1.86. The van der Waals surface area contributed by atoms with E-state index in [1.165, 1.54) is 18.4 Å². The van der Waals surface area contributed by atoms with Gasteiger partial charge in [-0.2, -0.15) is 0 Å². The molecule has 12 heavy (non-hydrogen) atoms. The Morgan fingerprint density at radius 2 is 2.08 bits per heavy atom. The van der Waals surface area contributed by atoms with Crippen LogP contribution in [0.5, 0.6) is 0 Å². The van der Waals surface area contributed by atoms with Gasteiger partial charge in [0.1, 0.15) is 0 Å². The Hall–Kier alpha value is -0.560. The first kappa shape index (κ1) is 11.4. The first-order valence-electron chi connectivity index (χ1n) is 4.87. The standard InChI is InChI=1S/C11H21N/c1-3-5-8-11(4-2)9-6-7-10-12/h4-5,8H,3,6-7,9-10,12H2,1-2H3/b8-5-,11-4+. The summed E-state index contributed by atoms with van der Waals surface area (Å²) in [5.41, 5.74) is 6.85. The summed E-state index contributed by atoms with van der Waals surface area (Å²) in [6.45, 7) is 5.07. The molecule has 0 bridgehead atoms. The van der Waals surface area contributed by atoms with E-state index in [2.05, 4.69) is 32.1 Å². The second kappa shape index (κ2) is 8.54. The minimum absolute atomic E-state index is 0.814. The number of unbranched alkanes of at least 4 members (excludes halogenated alkanes) is 1. The predicted molar refractivity (Wildman–Crippen MR) is 56.1 cm³/mol. The van der Waals surface area contributed by atoms with Crippen molar-refractivity contribution in [2.75, 3.05) is 6.54 Å². The van der Waals surface area contributed by atoms with E-state index < -0.39 is 0 Å². The molecule has 0 aliphatic heterocycles. The molecule has 0 atom stereocenters. The van der Waals surface area contributed by atoms with Gasteiger partial charge < -0.3 is 5.73 Å². The van der Waals surface area contributed by atoms with Crippen LogP contribution in [0.2, 0.25) is 0 Å². The maximum Gasteiger partial charge on any atom is -0.00772 e. The van der Waals surface area contributed by atoms with Crippen molar-refractivity contribution in [3.63, 3.8) is 0 Å². The van der Waals surface area contributed by atoms with Crippen LogP contribution in [0.1, 0.15) is 39.5 Å². The largest absolute Gasteiger partial charge is 0.330 e.